The first-order valence-corrected chi connectivity index (χ1v) is 8.39. The summed E-state index contributed by atoms with van der Waals surface area (Å²) in [6, 6.07) is 7.28. The lowest BCUT2D eigenvalue weighted by Crippen LogP contribution is -2.53. The Morgan fingerprint density at radius 1 is 1.25 bits per heavy atom. The Labute approximate surface area is 141 Å². The van der Waals surface area contributed by atoms with Gasteiger partial charge in [0.1, 0.15) is 6.54 Å². The molecule has 2 heterocycles. The third kappa shape index (κ3) is 3.00. The SMILES string of the molecule is C[C@@H]1[C@H](C(=O)O)CCCN1C(=O)CN1C(=O)CCc2ccccc21. The maximum atomic E-state index is 12.7. The van der Waals surface area contributed by atoms with E-state index in [1.807, 2.05) is 24.3 Å². The number of carboxylic acid groups (broad SMARTS) is 1. The van der Waals surface area contributed by atoms with Crippen molar-refractivity contribution in [2.45, 2.75) is 38.6 Å². The molecule has 0 unspecified atom stereocenters. The molecule has 6 heteroatoms. The van der Waals surface area contributed by atoms with Crippen molar-refractivity contribution in [1.29, 1.82) is 0 Å². The zero-order valence-electron chi connectivity index (χ0n) is 13.8. The van der Waals surface area contributed by atoms with Gasteiger partial charge in [0, 0.05) is 24.7 Å². The molecule has 1 N–H and O–H groups in total. The summed E-state index contributed by atoms with van der Waals surface area (Å²) in [7, 11) is 0. The number of likely N-dealkylation sites (tertiary alicyclic amines) is 1. The fourth-order valence-electron chi connectivity index (χ4n) is 3.72. The molecule has 1 fully saturated rings. The smallest absolute Gasteiger partial charge is 0.308 e. The van der Waals surface area contributed by atoms with E-state index in [-0.39, 0.29) is 24.4 Å². The van der Waals surface area contributed by atoms with Crippen LogP contribution in [0.25, 0.3) is 0 Å². The van der Waals surface area contributed by atoms with Crippen LogP contribution < -0.4 is 4.90 Å². The summed E-state index contributed by atoms with van der Waals surface area (Å²) in [4.78, 5) is 39.5. The van der Waals surface area contributed by atoms with Gasteiger partial charge in [-0.15, -0.1) is 0 Å². The lowest BCUT2D eigenvalue weighted by Gasteiger charge is -2.39. The number of carbonyl (C=O) groups excluding carboxylic acids is 2. The largest absolute Gasteiger partial charge is 0.481 e. The van der Waals surface area contributed by atoms with Crippen LogP contribution in [0.15, 0.2) is 24.3 Å². The normalized spacial score (nSPS) is 23.8. The van der Waals surface area contributed by atoms with Crippen LogP contribution in [0.5, 0.6) is 0 Å². The van der Waals surface area contributed by atoms with Crippen molar-refractivity contribution in [2.24, 2.45) is 5.92 Å². The predicted octanol–water partition coefficient (Wildman–Crippen LogP) is 1.68. The topological polar surface area (TPSA) is 77.9 Å². The molecule has 0 spiro atoms. The van der Waals surface area contributed by atoms with Crippen molar-refractivity contribution in [2.75, 3.05) is 18.0 Å². The summed E-state index contributed by atoms with van der Waals surface area (Å²) in [5.41, 5.74) is 1.86. The molecule has 2 aliphatic rings. The molecule has 1 aromatic rings. The first kappa shape index (κ1) is 16.5. The molecule has 0 radical (unpaired) electrons. The molecule has 3 rings (SSSR count). The van der Waals surface area contributed by atoms with Gasteiger partial charge in [0.2, 0.25) is 11.8 Å². The average Bonchev–Trinajstić information content (AvgIpc) is 2.57. The van der Waals surface area contributed by atoms with Gasteiger partial charge in [0.15, 0.2) is 0 Å². The molecule has 2 aliphatic heterocycles. The van der Waals surface area contributed by atoms with E-state index in [9.17, 15) is 19.5 Å². The van der Waals surface area contributed by atoms with Gasteiger partial charge in [-0.1, -0.05) is 18.2 Å². The van der Waals surface area contributed by atoms with Crippen molar-refractivity contribution >= 4 is 23.5 Å². The maximum Gasteiger partial charge on any atom is 0.308 e. The van der Waals surface area contributed by atoms with E-state index in [0.29, 0.717) is 32.2 Å². The summed E-state index contributed by atoms with van der Waals surface area (Å²) in [6.07, 6.45) is 2.36. The van der Waals surface area contributed by atoms with E-state index in [2.05, 4.69) is 0 Å². The van der Waals surface area contributed by atoms with Gasteiger partial charge in [-0.25, -0.2) is 0 Å². The van der Waals surface area contributed by atoms with E-state index in [1.165, 1.54) is 4.90 Å². The molecule has 1 aromatic carbocycles. The Morgan fingerprint density at radius 2 is 2.00 bits per heavy atom. The van der Waals surface area contributed by atoms with Gasteiger partial charge in [-0.3, -0.25) is 14.4 Å². The summed E-state index contributed by atoms with van der Waals surface area (Å²) in [5.74, 6) is -1.63. The number of hydrogen-bond acceptors (Lipinski definition) is 3. The average molecular weight is 330 g/mol. The van der Waals surface area contributed by atoms with Crippen LogP contribution in [0.2, 0.25) is 0 Å². The van der Waals surface area contributed by atoms with Gasteiger partial charge >= 0.3 is 5.97 Å². The monoisotopic (exact) mass is 330 g/mol. The van der Waals surface area contributed by atoms with E-state index in [4.69, 9.17) is 0 Å². The summed E-state index contributed by atoms with van der Waals surface area (Å²) < 4.78 is 0. The number of amides is 2. The maximum absolute atomic E-state index is 12.7. The Morgan fingerprint density at radius 3 is 2.75 bits per heavy atom. The minimum absolute atomic E-state index is 0.0213. The number of benzene rings is 1. The Balaban J connectivity index is 1.77. The van der Waals surface area contributed by atoms with Gasteiger partial charge in [-0.05, 0) is 37.8 Å². The fourth-order valence-corrected chi connectivity index (χ4v) is 3.72. The number of nitrogens with zero attached hydrogens (tertiary/aromatic N) is 2. The number of anilines is 1. The molecule has 0 aliphatic carbocycles. The number of rotatable bonds is 3. The van der Waals surface area contributed by atoms with E-state index >= 15 is 0 Å². The lowest BCUT2D eigenvalue weighted by atomic mass is 9.90. The number of carbonyl (C=O) groups is 3. The van der Waals surface area contributed by atoms with Gasteiger partial charge in [-0.2, -0.15) is 0 Å². The van der Waals surface area contributed by atoms with Crippen molar-refractivity contribution in [1.82, 2.24) is 4.90 Å². The number of para-hydroxylation sites is 1. The quantitative estimate of drug-likeness (QED) is 0.914. The molecule has 0 aromatic heterocycles. The molecule has 0 bridgehead atoms. The number of aliphatic carboxylic acids is 1. The van der Waals surface area contributed by atoms with E-state index in [0.717, 1.165) is 11.3 Å². The number of aryl methyl sites for hydroxylation is 1. The second-order valence-corrected chi connectivity index (χ2v) is 6.52. The van der Waals surface area contributed by atoms with Crippen molar-refractivity contribution in [3.63, 3.8) is 0 Å². The molecule has 6 nitrogen and oxygen atoms in total. The van der Waals surface area contributed by atoms with E-state index < -0.39 is 11.9 Å². The van der Waals surface area contributed by atoms with Crippen LogP contribution in [0.1, 0.15) is 31.7 Å². The number of piperidine rings is 1. The zero-order chi connectivity index (χ0) is 17.3. The second kappa shape index (κ2) is 6.63. The zero-order valence-corrected chi connectivity index (χ0v) is 13.8. The number of fused-ring (bicyclic) bond motifs is 1. The molecular formula is C18H22N2O4. The Bertz CT molecular complexity index is 673. The fraction of sp³-hybridized carbons (Fsp3) is 0.500. The van der Waals surface area contributed by atoms with Gasteiger partial charge in [0.25, 0.3) is 0 Å². The van der Waals surface area contributed by atoms with Crippen molar-refractivity contribution in [3.05, 3.63) is 29.8 Å². The summed E-state index contributed by atoms with van der Waals surface area (Å²) in [6.45, 7) is 2.31. The predicted molar refractivity (Wildman–Crippen MR) is 88.7 cm³/mol. The molecule has 24 heavy (non-hydrogen) atoms. The number of hydrogen-bond donors (Lipinski definition) is 1. The molecule has 2 amide bonds. The molecule has 1 saturated heterocycles. The van der Waals surface area contributed by atoms with Crippen LogP contribution in [0, 0.1) is 5.92 Å². The molecule has 2 atom stereocenters. The van der Waals surface area contributed by atoms with E-state index in [1.54, 1.807) is 11.8 Å². The summed E-state index contributed by atoms with van der Waals surface area (Å²) in [5, 5.41) is 9.30. The van der Waals surface area contributed by atoms with Crippen LogP contribution in [-0.2, 0) is 20.8 Å². The third-order valence-corrected chi connectivity index (χ3v) is 5.11. The first-order chi connectivity index (χ1) is 11.5. The van der Waals surface area contributed by atoms with Crippen LogP contribution in [-0.4, -0.2) is 46.9 Å². The van der Waals surface area contributed by atoms with Crippen molar-refractivity contribution in [3.8, 4) is 0 Å². The van der Waals surface area contributed by atoms with Crippen LogP contribution in [0.3, 0.4) is 0 Å². The lowest BCUT2D eigenvalue weighted by molar-refractivity contribution is -0.149. The highest BCUT2D eigenvalue weighted by Crippen LogP contribution is 2.29. The molecule has 128 valence electrons. The highest BCUT2D eigenvalue weighted by molar-refractivity contribution is 6.01. The highest BCUT2D eigenvalue weighted by atomic mass is 16.4. The number of carboxylic acids is 1. The molecule has 0 saturated carbocycles. The Hall–Kier alpha value is -2.37. The van der Waals surface area contributed by atoms with Gasteiger partial charge in [0.05, 0.1) is 5.92 Å². The van der Waals surface area contributed by atoms with Crippen LogP contribution in [0.4, 0.5) is 5.69 Å². The minimum Gasteiger partial charge on any atom is -0.481 e. The van der Waals surface area contributed by atoms with Crippen molar-refractivity contribution < 1.29 is 19.5 Å². The van der Waals surface area contributed by atoms with Gasteiger partial charge < -0.3 is 14.9 Å². The standard InChI is InChI=1S/C18H22N2O4/c1-12-14(18(23)24)6-4-10-19(12)17(22)11-20-15-7-3-2-5-13(15)8-9-16(20)21/h2-3,5,7,12,14H,4,6,8-11H2,1H3,(H,23,24)/t12-,14-/m1/s1. The van der Waals surface area contributed by atoms with Crippen LogP contribution >= 0.6 is 0 Å². The molecular weight excluding hydrogens is 308 g/mol. The Kier molecular flexibility index (Phi) is 4.55. The first-order valence-electron chi connectivity index (χ1n) is 8.39. The summed E-state index contributed by atoms with van der Waals surface area (Å²) >= 11 is 0. The second-order valence-electron chi connectivity index (χ2n) is 6.52. The highest BCUT2D eigenvalue weighted by Gasteiger charge is 2.36. The minimum atomic E-state index is -0.862. The third-order valence-electron chi connectivity index (χ3n) is 5.11.